The maximum Gasteiger partial charge on any atom is 0.0958 e. The van der Waals surface area contributed by atoms with E-state index in [-0.39, 0.29) is 0 Å². The van der Waals surface area contributed by atoms with Gasteiger partial charge in [0, 0.05) is 24.5 Å². The Kier molecular flexibility index (Phi) is 3.62. The van der Waals surface area contributed by atoms with E-state index in [1.807, 2.05) is 24.8 Å². The SMILES string of the molecule is CCn1cnc2cc(-c3ccc(C)cc3)c(-c3cccnc3)cc21. The summed E-state index contributed by atoms with van der Waals surface area (Å²) in [7, 11) is 0. The summed E-state index contributed by atoms with van der Waals surface area (Å²) in [5.74, 6) is 0. The normalized spacial score (nSPS) is 11.1. The maximum absolute atomic E-state index is 4.58. The second kappa shape index (κ2) is 5.93. The molecule has 0 saturated carbocycles. The van der Waals surface area contributed by atoms with Crippen LogP contribution in [0.4, 0.5) is 0 Å². The minimum Gasteiger partial charge on any atom is -0.331 e. The van der Waals surface area contributed by atoms with E-state index < -0.39 is 0 Å². The van der Waals surface area contributed by atoms with Crippen LogP contribution in [0.15, 0.2) is 67.3 Å². The Balaban J connectivity index is 2.01. The maximum atomic E-state index is 4.58. The molecule has 0 saturated heterocycles. The van der Waals surface area contributed by atoms with Crippen LogP contribution in [0.2, 0.25) is 0 Å². The van der Waals surface area contributed by atoms with Crippen molar-refractivity contribution in [3.05, 3.63) is 72.8 Å². The smallest absolute Gasteiger partial charge is 0.0958 e. The molecule has 4 aromatic rings. The molecule has 4 rings (SSSR count). The first-order valence-electron chi connectivity index (χ1n) is 8.22. The number of pyridine rings is 1. The van der Waals surface area contributed by atoms with Crippen LogP contribution < -0.4 is 0 Å². The van der Waals surface area contributed by atoms with Gasteiger partial charge in [0.25, 0.3) is 0 Å². The number of fused-ring (bicyclic) bond motifs is 1. The van der Waals surface area contributed by atoms with Crippen molar-refractivity contribution in [3.8, 4) is 22.3 Å². The van der Waals surface area contributed by atoms with Crippen molar-refractivity contribution in [1.29, 1.82) is 0 Å². The molecule has 2 aromatic heterocycles. The molecule has 0 aliphatic carbocycles. The topological polar surface area (TPSA) is 30.7 Å². The van der Waals surface area contributed by atoms with Crippen LogP contribution >= 0.6 is 0 Å². The molecule has 0 bridgehead atoms. The lowest BCUT2D eigenvalue weighted by Crippen LogP contribution is -1.93. The Morgan fingerprint density at radius 3 is 2.46 bits per heavy atom. The monoisotopic (exact) mass is 313 g/mol. The summed E-state index contributed by atoms with van der Waals surface area (Å²) in [6.07, 6.45) is 5.64. The predicted molar refractivity (Wildman–Crippen MR) is 98.8 cm³/mol. The predicted octanol–water partition coefficient (Wildman–Crippen LogP) is 5.09. The molecule has 0 fully saturated rings. The molecule has 0 N–H and O–H groups in total. The summed E-state index contributed by atoms with van der Waals surface area (Å²) in [4.78, 5) is 8.87. The van der Waals surface area contributed by atoms with Gasteiger partial charge in [0.05, 0.1) is 17.4 Å². The molecule has 2 aromatic carbocycles. The van der Waals surface area contributed by atoms with E-state index in [1.165, 1.54) is 22.3 Å². The number of hydrogen-bond acceptors (Lipinski definition) is 2. The number of rotatable bonds is 3. The lowest BCUT2D eigenvalue weighted by Gasteiger charge is -2.12. The summed E-state index contributed by atoms with van der Waals surface area (Å²) < 4.78 is 2.17. The Bertz CT molecular complexity index is 983. The Labute approximate surface area is 141 Å². The van der Waals surface area contributed by atoms with E-state index in [1.54, 1.807) is 0 Å². The average molecular weight is 313 g/mol. The molecule has 0 aliphatic rings. The van der Waals surface area contributed by atoms with Crippen LogP contribution in [-0.4, -0.2) is 14.5 Å². The number of aryl methyl sites for hydroxylation is 2. The van der Waals surface area contributed by atoms with E-state index in [2.05, 4.69) is 70.8 Å². The summed E-state index contributed by atoms with van der Waals surface area (Å²) in [6.45, 7) is 5.16. The first-order chi connectivity index (χ1) is 11.8. The minimum absolute atomic E-state index is 0.910. The highest BCUT2D eigenvalue weighted by molar-refractivity contribution is 5.93. The van der Waals surface area contributed by atoms with Crippen LogP contribution in [-0.2, 0) is 6.54 Å². The van der Waals surface area contributed by atoms with Gasteiger partial charge in [-0.3, -0.25) is 4.98 Å². The van der Waals surface area contributed by atoms with Gasteiger partial charge in [-0.1, -0.05) is 35.9 Å². The van der Waals surface area contributed by atoms with Crippen LogP contribution in [0.5, 0.6) is 0 Å². The van der Waals surface area contributed by atoms with Crippen molar-refractivity contribution >= 4 is 11.0 Å². The molecule has 0 amide bonds. The molecule has 0 radical (unpaired) electrons. The van der Waals surface area contributed by atoms with E-state index >= 15 is 0 Å². The zero-order valence-electron chi connectivity index (χ0n) is 13.9. The standard InChI is InChI=1S/C21H19N3/c1-3-24-14-23-20-11-18(16-8-6-15(2)7-9-16)19(12-21(20)24)17-5-4-10-22-13-17/h4-14H,3H2,1-2H3. The van der Waals surface area contributed by atoms with Gasteiger partial charge in [-0.05, 0) is 48.7 Å². The van der Waals surface area contributed by atoms with Gasteiger partial charge >= 0.3 is 0 Å². The van der Waals surface area contributed by atoms with Crippen molar-refractivity contribution in [1.82, 2.24) is 14.5 Å². The molecular formula is C21H19N3. The van der Waals surface area contributed by atoms with Gasteiger partial charge in [0.2, 0.25) is 0 Å². The fourth-order valence-corrected chi connectivity index (χ4v) is 3.09. The van der Waals surface area contributed by atoms with Crippen LogP contribution in [0.3, 0.4) is 0 Å². The second-order valence-electron chi connectivity index (χ2n) is 6.02. The van der Waals surface area contributed by atoms with Crippen molar-refractivity contribution in [2.45, 2.75) is 20.4 Å². The highest BCUT2D eigenvalue weighted by Crippen LogP contribution is 2.35. The molecule has 3 heteroatoms. The number of aromatic nitrogens is 3. The van der Waals surface area contributed by atoms with Gasteiger partial charge in [-0.15, -0.1) is 0 Å². The molecule has 3 nitrogen and oxygen atoms in total. The second-order valence-corrected chi connectivity index (χ2v) is 6.02. The molecule has 0 spiro atoms. The Morgan fingerprint density at radius 1 is 0.958 bits per heavy atom. The van der Waals surface area contributed by atoms with E-state index in [4.69, 9.17) is 0 Å². The first-order valence-corrected chi connectivity index (χ1v) is 8.22. The number of hydrogen-bond donors (Lipinski definition) is 0. The average Bonchev–Trinajstić information content (AvgIpc) is 3.04. The molecule has 24 heavy (non-hydrogen) atoms. The quantitative estimate of drug-likeness (QED) is 0.527. The zero-order valence-corrected chi connectivity index (χ0v) is 13.9. The lowest BCUT2D eigenvalue weighted by atomic mass is 9.94. The first kappa shape index (κ1) is 14.6. The van der Waals surface area contributed by atoms with E-state index in [0.717, 1.165) is 23.1 Å². The highest BCUT2D eigenvalue weighted by Gasteiger charge is 2.12. The summed E-state index contributed by atoms with van der Waals surface area (Å²) in [5.41, 5.74) is 8.16. The van der Waals surface area contributed by atoms with Gasteiger partial charge in [0.15, 0.2) is 0 Å². The van der Waals surface area contributed by atoms with E-state index in [9.17, 15) is 0 Å². The van der Waals surface area contributed by atoms with Gasteiger partial charge in [-0.2, -0.15) is 0 Å². The van der Waals surface area contributed by atoms with Gasteiger partial charge in [-0.25, -0.2) is 4.98 Å². The molecule has 0 unspecified atom stereocenters. The third-order valence-corrected chi connectivity index (χ3v) is 4.44. The van der Waals surface area contributed by atoms with Crippen LogP contribution in [0, 0.1) is 6.92 Å². The van der Waals surface area contributed by atoms with Gasteiger partial charge < -0.3 is 4.57 Å². The van der Waals surface area contributed by atoms with Crippen LogP contribution in [0.1, 0.15) is 12.5 Å². The zero-order chi connectivity index (χ0) is 16.5. The fraction of sp³-hybridized carbons (Fsp3) is 0.143. The molecule has 0 atom stereocenters. The molecule has 0 aliphatic heterocycles. The Morgan fingerprint density at radius 2 is 1.75 bits per heavy atom. The lowest BCUT2D eigenvalue weighted by molar-refractivity contribution is 0.787. The largest absolute Gasteiger partial charge is 0.331 e. The number of nitrogens with zero attached hydrogens (tertiary/aromatic N) is 3. The molecule has 2 heterocycles. The van der Waals surface area contributed by atoms with Crippen molar-refractivity contribution in [2.24, 2.45) is 0 Å². The number of benzene rings is 2. The number of imidazole rings is 1. The third-order valence-electron chi connectivity index (χ3n) is 4.44. The Hall–Kier alpha value is -2.94. The third kappa shape index (κ3) is 2.48. The van der Waals surface area contributed by atoms with Crippen molar-refractivity contribution in [2.75, 3.05) is 0 Å². The highest BCUT2D eigenvalue weighted by atomic mass is 15.0. The molecule has 118 valence electrons. The van der Waals surface area contributed by atoms with Crippen LogP contribution in [0.25, 0.3) is 33.3 Å². The molecular weight excluding hydrogens is 294 g/mol. The van der Waals surface area contributed by atoms with Gasteiger partial charge in [0.1, 0.15) is 0 Å². The van der Waals surface area contributed by atoms with Crippen molar-refractivity contribution < 1.29 is 0 Å². The fourth-order valence-electron chi connectivity index (χ4n) is 3.09. The summed E-state index contributed by atoms with van der Waals surface area (Å²) in [6, 6.07) is 17.2. The van der Waals surface area contributed by atoms with Crippen molar-refractivity contribution in [3.63, 3.8) is 0 Å². The minimum atomic E-state index is 0.910. The summed E-state index contributed by atoms with van der Waals surface area (Å²) in [5, 5.41) is 0. The summed E-state index contributed by atoms with van der Waals surface area (Å²) >= 11 is 0. The van der Waals surface area contributed by atoms with E-state index in [0.29, 0.717) is 0 Å².